The van der Waals surface area contributed by atoms with Gasteiger partial charge in [-0.3, -0.25) is 0 Å². The van der Waals surface area contributed by atoms with Crippen LogP contribution in [-0.2, 0) is 0 Å². The molecular formula is C15H19ClN2. The maximum atomic E-state index is 6.07. The molecular weight excluding hydrogens is 244 g/mol. The van der Waals surface area contributed by atoms with Gasteiger partial charge in [0.1, 0.15) is 0 Å². The number of nitrogens with one attached hydrogen (secondary N) is 1. The van der Waals surface area contributed by atoms with Crippen molar-refractivity contribution in [3.05, 3.63) is 59.7 Å². The maximum Gasteiger partial charge on any atom is 0.0573 e. The van der Waals surface area contributed by atoms with E-state index in [2.05, 4.69) is 47.8 Å². The molecule has 2 unspecified atom stereocenters. The minimum atomic E-state index is 0.125. The van der Waals surface area contributed by atoms with Gasteiger partial charge >= 0.3 is 0 Å². The predicted octanol–water partition coefficient (Wildman–Crippen LogP) is 2.77. The fourth-order valence-electron chi connectivity index (χ4n) is 2.13. The highest BCUT2D eigenvalue weighted by atomic mass is 35.5. The molecule has 0 spiro atoms. The lowest BCUT2D eigenvalue weighted by Gasteiger charge is -2.23. The van der Waals surface area contributed by atoms with E-state index in [9.17, 15) is 0 Å². The van der Waals surface area contributed by atoms with E-state index in [0.717, 1.165) is 13.0 Å². The molecule has 0 heterocycles. The number of nitrogens with two attached hydrogens (primary N) is 1. The Morgan fingerprint density at radius 1 is 1.33 bits per heavy atom. The Hall–Kier alpha value is -1.09. The number of hydrogen-bond donors (Lipinski definition) is 2. The Labute approximate surface area is 114 Å². The standard InChI is InChI=1S/C15H19ClN2/c16-14-8-6-13(7-9-14)15(18-11-10-17)12-4-2-1-3-5-12/h1-8,14-15,18H,9-11,17H2. The Kier molecular flexibility index (Phi) is 5.00. The normalized spacial score (nSPS) is 20.6. The van der Waals surface area contributed by atoms with Gasteiger partial charge in [-0.05, 0) is 17.6 Å². The highest BCUT2D eigenvalue weighted by Gasteiger charge is 2.16. The molecule has 0 aromatic heterocycles. The fourth-order valence-corrected chi connectivity index (χ4v) is 2.29. The van der Waals surface area contributed by atoms with Crippen LogP contribution in [0.2, 0.25) is 0 Å². The van der Waals surface area contributed by atoms with E-state index >= 15 is 0 Å². The second kappa shape index (κ2) is 6.74. The fraction of sp³-hybridized carbons (Fsp3) is 0.333. The molecule has 2 nitrogen and oxygen atoms in total. The van der Waals surface area contributed by atoms with Crippen molar-refractivity contribution in [1.29, 1.82) is 0 Å². The molecule has 3 heteroatoms. The minimum absolute atomic E-state index is 0.125. The molecule has 1 aliphatic carbocycles. The van der Waals surface area contributed by atoms with Crippen LogP contribution in [0, 0.1) is 0 Å². The zero-order chi connectivity index (χ0) is 12.8. The van der Waals surface area contributed by atoms with Crippen LogP contribution in [0.4, 0.5) is 0 Å². The summed E-state index contributed by atoms with van der Waals surface area (Å²) in [6.45, 7) is 1.44. The van der Waals surface area contributed by atoms with Crippen molar-refractivity contribution in [3.63, 3.8) is 0 Å². The molecule has 1 aromatic carbocycles. The van der Waals surface area contributed by atoms with Gasteiger partial charge in [-0.25, -0.2) is 0 Å². The first kappa shape index (κ1) is 13.3. The van der Waals surface area contributed by atoms with Gasteiger partial charge in [-0.1, -0.05) is 48.6 Å². The molecule has 1 aliphatic rings. The molecule has 0 saturated heterocycles. The predicted molar refractivity (Wildman–Crippen MR) is 77.7 cm³/mol. The Balaban J connectivity index is 2.18. The molecule has 2 atom stereocenters. The number of benzene rings is 1. The van der Waals surface area contributed by atoms with Crippen molar-refractivity contribution in [1.82, 2.24) is 5.32 Å². The van der Waals surface area contributed by atoms with Crippen molar-refractivity contribution in [2.75, 3.05) is 13.1 Å². The zero-order valence-electron chi connectivity index (χ0n) is 10.4. The molecule has 96 valence electrons. The van der Waals surface area contributed by atoms with E-state index in [1.165, 1.54) is 11.1 Å². The van der Waals surface area contributed by atoms with Crippen LogP contribution in [0.15, 0.2) is 54.1 Å². The molecule has 0 bridgehead atoms. The van der Waals surface area contributed by atoms with Crippen molar-refractivity contribution < 1.29 is 0 Å². The summed E-state index contributed by atoms with van der Waals surface area (Å²) < 4.78 is 0. The van der Waals surface area contributed by atoms with Crippen LogP contribution in [0.3, 0.4) is 0 Å². The summed E-state index contributed by atoms with van der Waals surface area (Å²) >= 11 is 6.07. The van der Waals surface area contributed by atoms with Gasteiger partial charge in [-0.15, -0.1) is 11.6 Å². The molecule has 0 saturated carbocycles. The average molecular weight is 263 g/mol. The lowest BCUT2D eigenvalue weighted by atomic mass is 9.94. The quantitative estimate of drug-likeness (QED) is 0.801. The number of rotatable bonds is 5. The first-order chi connectivity index (χ1) is 8.81. The summed E-state index contributed by atoms with van der Waals surface area (Å²) in [4.78, 5) is 0. The van der Waals surface area contributed by atoms with E-state index in [1.54, 1.807) is 0 Å². The van der Waals surface area contributed by atoms with Crippen LogP contribution < -0.4 is 11.1 Å². The van der Waals surface area contributed by atoms with Gasteiger partial charge in [-0.2, -0.15) is 0 Å². The number of allylic oxidation sites excluding steroid dienone is 2. The molecule has 2 rings (SSSR count). The number of alkyl halides is 1. The van der Waals surface area contributed by atoms with E-state index in [4.69, 9.17) is 17.3 Å². The molecule has 0 aliphatic heterocycles. The SMILES string of the molecule is NCCNC(C1=CCC(Cl)C=C1)c1ccccc1. The van der Waals surface area contributed by atoms with Gasteiger partial charge in [0, 0.05) is 13.1 Å². The van der Waals surface area contributed by atoms with E-state index in [0.29, 0.717) is 6.54 Å². The second-order valence-electron chi connectivity index (χ2n) is 4.40. The van der Waals surface area contributed by atoms with Gasteiger partial charge in [0.05, 0.1) is 11.4 Å². The third kappa shape index (κ3) is 3.45. The molecule has 0 fully saturated rings. The lowest BCUT2D eigenvalue weighted by molar-refractivity contribution is 0.607. The molecule has 3 N–H and O–H groups in total. The van der Waals surface area contributed by atoms with Crippen molar-refractivity contribution in [2.45, 2.75) is 17.8 Å². The topological polar surface area (TPSA) is 38.0 Å². The Morgan fingerprint density at radius 3 is 2.72 bits per heavy atom. The molecule has 1 aromatic rings. The third-order valence-corrected chi connectivity index (χ3v) is 3.36. The van der Waals surface area contributed by atoms with E-state index in [1.807, 2.05) is 6.07 Å². The van der Waals surface area contributed by atoms with Crippen LogP contribution >= 0.6 is 11.6 Å². The molecule has 0 radical (unpaired) electrons. The van der Waals surface area contributed by atoms with Crippen LogP contribution in [-0.4, -0.2) is 18.5 Å². The number of halogens is 1. The highest BCUT2D eigenvalue weighted by Crippen LogP contribution is 2.27. The van der Waals surface area contributed by atoms with E-state index in [-0.39, 0.29) is 11.4 Å². The first-order valence-electron chi connectivity index (χ1n) is 6.32. The van der Waals surface area contributed by atoms with Gasteiger partial charge in [0.15, 0.2) is 0 Å². The molecule has 0 amide bonds. The maximum absolute atomic E-state index is 6.07. The third-order valence-electron chi connectivity index (χ3n) is 3.04. The smallest absolute Gasteiger partial charge is 0.0573 e. The summed E-state index contributed by atoms with van der Waals surface area (Å²) in [6.07, 6.45) is 7.26. The zero-order valence-corrected chi connectivity index (χ0v) is 11.1. The van der Waals surface area contributed by atoms with Crippen molar-refractivity contribution >= 4 is 11.6 Å². The number of hydrogen-bond acceptors (Lipinski definition) is 2. The summed E-state index contributed by atoms with van der Waals surface area (Å²) in [5.41, 5.74) is 8.11. The van der Waals surface area contributed by atoms with Crippen LogP contribution in [0.1, 0.15) is 18.0 Å². The largest absolute Gasteiger partial charge is 0.329 e. The second-order valence-corrected chi connectivity index (χ2v) is 4.96. The summed E-state index contributed by atoms with van der Waals surface area (Å²) in [6, 6.07) is 10.6. The summed E-state index contributed by atoms with van der Waals surface area (Å²) in [5, 5.41) is 3.61. The van der Waals surface area contributed by atoms with Gasteiger partial charge in [0.2, 0.25) is 0 Å². The Morgan fingerprint density at radius 2 is 2.11 bits per heavy atom. The monoisotopic (exact) mass is 262 g/mol. The van der Waals surface area contributed by atoms with Crippen LogP contribution in [0.5, 0.6) is 0 Å². The average Bonchev–Trinajstić information content (AvgIpc) is 2.42. The first-order valence-corrected chi connectivity index (χ1v) is 6.75. The highest BCUT2D eigenvalue weighted by molar-refractivity contribution is 6.22. The summed E-state index contributed by atoms with van der Waals surface area (Å²) in [5.74, 6) is 0. The van der Waals surface area contributed by atoms with Gasteiger partial charge in [0.25, 0.3) is 0 Å². The van der Waals surface area contributed by atoms with Crippen molar-refractivity contribution in [2.24, 2.45) is 5.73 Å². The minimum Gasteiger partial charge on any atom is -0.329 e. The summed E-state index contributed by atoms with van der Waals surface area (Å²) in [7, 11) is 0. The molecule has 18 heavy (non-hydrogen) atoms. The Bertz CT molecular complexity index is 425. The van der Waals surface area contributed by atoms with Gasteiger partial charge < -0.3 is 11.1 Å². The van der Waals surface area contributed by atoms with Crippen LogP contribution in [0.25, 0.3) is 0 Å². The van der Waals surface area contributed by atoms with Crippen molar-refractivity contribution in [3.8, 4) is 0 Å². The lowest BCUT2D eigenvalue weighted by Crippen LogP contribution is -2.28. The van der Waals surface area contributed by atoms with E-state index < -0.39 is 0 Å².